The van der Waals surface area contributed by atoms with Gasteiger partial charge >= 0.3 is 0 Å². The van der Waals surface area contributed by atoms with Crippen molar-refractivity contribution in [1.82, 2.24) is 9.55 Å². The lowest BCUT2D eigenvalue weighted by atomic mass is 9.88. The molecule has 2 heteroatoms. The minimum Gasteiger partial charge on any atom is -0.299 e. The highest BCUT2D eigenvalue weighted by molar-refractivity contribution is 5.88. The fourth-order valence-electron chi connectivity index (χ4n) is 4.91. The Balaban J connectivity index is 1.76. The number of imidazole rings is 1. The fraction of sp³-hybridized carbons (Fsp3) is 0.219. The lowest BCUT2D eigenvalue weighted by Gasteiger charge is -2.24. The smallest absolute Gasteiger partial charge is 0.144 e. The Bertz CT molecular complexity index is 1430. The van der Waals surface area contributed by atoms with Crippen LogP contribution in [0.3, 0.4) is 0 Å². The van der Waals surface area contributed by atoms with Crippen molar-refractivity contribution in [2.45, 2.75) is 46.5 Å². The third kappa shape index (κ3) is 3.94. The highest BCUT2D eigenvalue weighted by Crippen LogP contribution is 2.38. The highest BCUT2D eigenvalue weighted by Gasteiger charge is 2.21. The Morgan fingerprint density at radius 2 is 1.26 bits per heavy atom. The van der Waals surface area contributed by atoms with Gasteiger partial charge in [-0.15, -0.1) is 0 Å². The highest BCUT2D eigenvalue weighted by atomic mass is 15.1. The van der Waals surface area contributed by atoms with Gasteiger partial charge in [0.05, 0.1) is 5.69 Å². The second-order valence-corrected chi connectivity index (χ2v) is 9.81. The predicted molar refractivity (Wildman–Crippen MR) is 145 cm³/mol. The van der Waals surface area contributed by atoms with Crippen LogP contribution in [0, 0.1) is 6.92 Å². The molecular formula is C32H32N2. The van der Waals surface area contributed by atoms with Crippen LogP contribution in [0.25, 0.3) is 39.0 Å². The molecule has 1 heterocycles. The van der Waals surface area contributed by atoms with Gasteiger partial charge in [0.25, 0.3) is 0 Å². The van der Waals surface area contributed by atoms with Gasteiger partial charge in [-0.2, -0.15) is 0 Å². The van der Waals surface area contributed by atoms with Gasteiger partial charge in [0.15, 0.2) is 0 Å². The van der Waals surface area contributed by atoms with Gasteiger partial charge < -0.3 is 0 Å². The number of aryl methyl sites for hydroxylation is 1. The van der Waals surface area contributed by atoms with Crippen LogP contribution in [-0.2, 0) is 0 Å². The quantitative estimate of drug-likeness (QED) is 0.264. The van der Waals surface area contributed by atoms with Crippen LogP contribution in [-0.4, -0.2) is 9.55 Å². The predicted octanol–water partition coefficient (Wildman–Crippen LogP) is 8.91. The molecule has 0 aliphatic carbocycles. The molecule has 0 unspecified atom stereocenters. The largest absolute Gasteiger partial charge is 0.299 e. The van der Waals surface area contributed by atoms with E-state index < -0.39 is 0 Å². The van der Waals surface area contributed by atoms with Crippen LogP contribution >= 0.6 is 0 Å². The van der Waals surface area contributed by atoms with E-state index in [1.807, 2.05) is 6.20 Å². The zero-order valence-electron chi connectivity index (χ0n) is 20.7. The zero-order chi connectivity index (χ0) is 23.8. The molecule has 0 radical (unpaired) electrons. The van der Waals surface area contributed by atoms with E-state index >= 15 is 0 Å². The second kappa shape index (κ2) is 8.95. The standard InChI is InChI=1S/C32H32N2/c1-21(2)28-19-27(24-11-7-6-8-12-24)20-29(22(3)4)31(28)34-16-15-33-32(34)30-18-26-14-10-9-13-25(26)17-23(30)5/h6-22H,1-5H3. The SMILES string of the molecule is Cc1cc2ccccc2cc1-c1nccn1-c1c(C(C)C)cc(-c2ccccc2)cc1C(C)C. The maximum atomic E-state index is 4.87. The first-order valence-corrected chi connectivity index (χ1v) is 12.2. The average Bonchev–Trinajstić information content (AvgIpc) is 3.32. The van der Waals surface area contributed by atoms with Crippen molar-refractivity contribution in [2.24, 2.45) is 0 Å². The molecule has 0 saturated carbocycles. The topological polar surface area (TPSA) is 17.8 Å². The fourth-order valence-corrected chi connectivity index (χ4v) is 4.91. The van der Waals surface area contributed by atoms with Gasteiger partial charge in [0.2, 0.25) is 0 Å². The summed E-state index contributed by atoms with van der Waals surface area (Å²) in [4.78, 5) is 4.87. The number of aromatic nitrogens is 2. The summed E-state index contributed by atoms with van der Waals surface area (Å²) in [6, 6.07) is 28.6. The van der Waals surface area contributed by atoms with E-state index in [4.69, 9.17) is 4.98 Å². The van der Waals surface area contributed by atoms with E-state index in [1.54, 1.807) is 0 Å². The van der Waals surface area contributed by atoms with E-state index in [-0.39, 0.29) is 0 Å². The van der Waals surface area contributed by atoms with Gasteiger partial charge in [0.1, 0.15) is 5.82 Å². The number of hydrogen-bond donors (Lipinski definition) is 0. The minimum absolute atomic E-state index is 0.379. The van der Waals surface area contributed by atoms with Gasteiger partial charge in [0, 0.05) is 18.0 Å². The Morgan fingerprint density at radius 1 is 0.676 bits per heavy atom. The van der Waals surface area contributed by atoms with Gasteiger partial charge in [-0.1, -0.05) is 88.4 Å². The second-order valence-electron chi connectivity index (χ2n) is 9.81. The summed E-state index contributed by atoms with van der Waals surface area (Å²) in [5.74, 6) is 1.76. The van der Waals surface area contributed by atoms with Crippen molar-refractivity contribution in [3.8, 4) is 28.2 Å². The lowest BCUT2D eigenvalue weighted by Crippen LogP contribution is -2.09. The maximum Gasteiger partial charge on any atom is 0.144 e. The third-order valence-corrected chi connectivity index (χ3v) is 6.74. The molecule has 5 aromatic rings. The van der Waals surface area contributed by atoms with Crippen molar-refractivity contribution in [1.29, 1.82) is 0 Å². The molecule has 0 atom stereocenters. The Kier molecular flexibility index (Phi) is 5.83. The van der Waals surface area contributed by atoms with E-state index in [2.05, 4.69) is 124 Å². The lowest BCUT2D eigenvalue weighted by molar-refractivity contribution is 0.807. The van der Waals surface area contributed by atoms with Crippen LogP contribution in [0.4, 0.5) is 0 Å². The van der Waals surface area contributed by atoms with E-state index in [0.29, 0.717) is 11.8 Å². The first kappa shape index (κ1) is 22.2. The molecule has 0 spiro atoms. The van der Waals surface area contributed by atoms with Crippen LogP contribution in [0.1, 0.15) is 56.2 Å². The molecule has 4 aromatic carbocycles. The summed E-state index contributed by atoms with van der Waals surface area (Å²) >= 11 is 0. The number of benzene rings is 4. The third-order valence-electron chi connectivity index (χ3n) is 6.74. The van der Waals surface area contributed by atoms with Crippen molar-refractivity contribution in [3.63, 3.8) is 0 Å². The number of nitrogens with zero attached hydrogens (tertiary/aromatic N) is 2. The first-order valence-electron chi connectivity index (χ1n) is 12.2. The molecule has 0 fully saturated rings. The summed E-state index contributed by atoms with van der Waals surface area (Å²) in [6.07, 6.45) is 4.06. The molecule has 5 rings (SSSR count). The number of rotatable bonds is 5. The van der Waals surface area contributed by atoms with Crippen molar-refractivity contribution in [3.05, 3.63) is 108 Å². The maximum absolute atomic E-state index is 4.87. The molecule has 0 amide bonds. The number of hydrogen-bond acceptors (Lipinski definition) is 1. The Labute approximate surface area is 202 Å². The van der Waals surface area contributed by atoms with Crippen molar-refractivity contribution < 1.29 is 0 Å². The molecule has 0 aliphatic heterocycles. The molecule has 2 nitrogen and oxygen atoms in total. The van der Waals surface area contributed by atoms with E-state index in [0.717, 1.165) is 5.82 Å². The summed E-state index contributed by atoms with van der Waals surface area (Å²) in [5.41, 5.74) is 8.93. The van der Waals surface area contributed by atoms with Crippen LogP contribution in [0.2, 0.25) is 0 Å². The molecule has 0 aliphatic rings. The Morgan fingerprint density at radius 3 is 1.88 bits per heavy atom. The van der Waals surface area contributed by atoms with Gasteiger partial charge in [-0.25, -0.2) is 4.98 Å². The molecule has 0 bridgehead atoms. The molecule has 170 valence electrons. The van der Waals surface area contributed by atoms with Crippen molar-refractivity contribution >= 4 is 10.8 Å². The van der Waals surface area contributed by atoms with Gasteiger partial charge in [-0.05, 0) is 75.5 Å². The molecule has 1 aromatic heterocycles. The summed E-state index contributed by atoms with van der Waals surface area (Å²) in [5, 5.41) is 2.50. The number of fused-ring (bicyclic) bond motifs is 1. The van der Waals surface area contributed by atoms with Crippen LogP contribution < -0.4 is 0 Å². The normalized spacial score (nSPS) is 11.6. The molecule has 0 saturated heterocycles. The molecule has 0 N–H and O–H groups in total. The summed E-state index contributed by atoms with van der Waals surface area (Å²) in [7, 11) is 0. The monoisotopic (exact) mass is 444 g/mol. The van der Waals surface area contributed by atoms with E-state index in [1.165, 1.54) is 49.8 Å². The minimum atomic E-state index is 0.379. The zero-order valence-corrected chi connectivity index (χ0v) is 20.7. The Hall–Kier alpha value is -3.65. The van der Waals surface area contributed by atoms with Gasteiger partial charge in [-0.3, -0.25) is 4.57 Å². The molecular weight excluding hydrogens is 412 g/mol. The van der Waals surface area contributed by atoms with E-state index in [9.17, 15) is 0 Å². The summed E-state index contributed by atoms with van der Waals surface area (Å²) in [6.45, 7) is 11.3. The first-order chi connectivity index (χ1) is 16.4. The van der Waals surface area contributed by atoms with Crippen molar-refractivity contribution in [2.75, 3.05) is 0 Å². The van der Waals surface area contributed by atoms with Crippen LogP contribution in [0.15, 0.2) is 91.3 Å². The summed E-state index contributed by atoms with van der Waals surface area (Å²) < 4.78 is 2.32. The van der Waals surface area contributed by atoms with Crippen LogP contribution in [0.5, 0.6) is 0 Å². The average molecular weight is 445 g/mol. The molecule has 34 heavy (non-hydrogen) atoms.